The van der Waals surface area contributed by atoms with Gasteiger partial charge in [-0.3, -0.25) is 0 Å². The maximum Gasteiger partial charge on any atom is 0.410 e. The van der Waals surface area contributed by atoms with Crippen molar-refractivity contribution in [1.29, 1.82) is 5.26 Å². The summed E-state index contributed by atoms with van der Waals surface area (Å²) in [5.74, 6) is 0. The van der Waals surface area contributed by atoms with E-state index in [2.05, 4.69) is 6.07 Å². The highest BCUT2D eigenvalue weighted by Crippen LogP contribution is 2.55. The summed E-state index contributed by atoms with van der Waals surface area (Å²) < 4.78 is 5.40. The van der Waals surface area contributed by atoms with Crippen LogP contribution in [0, 0.1) is 16.7 Å². The van der Waals surface area contributed by atoms with Gasteiger partial charge >= 0.3 is 6.09 Å². The van der Waals surface area contributed by atoms with Crippen LogP contribution in [0.5, 0.6) is 0 Å². The van der Waals surface area contributed by atoms with Crippen LogP contribution in [0.15, 0.2) is 0 Å². The van der Waals surface area contributed by atoms with Crippen LogP contribution in [0.2, 0.25) is 0 Å². The van der Waals surface area contributed by atoms with E-state index in [0.29, 0.717) is 11.8 Å². The second kappa shape index (κ2) is 3.90. The lowest BCUT2D eigenvalue weighted by molar-refractivity contribution is 0.0223. The van der Waals surface area contributed by atoms with Gasteiger partial charge in [0.15, 0.2) is 0 Å². The first-order chi connectivity index (χ1) is 7.85. The van der Waals surface area contributed by atoms with Crippen molar-refractivity contribution in [3.05, 3.63) is 0 Å². The summed E-state index contributed by atoms with van der Waals surface area (Å²) in [5, 5.41) is 8.82. The predicted molar refractivity (Wildman–Crippen MR) is 63.2 cm³/mol. The number of likely N-dealkylation sites (tertiary alicyclic amines) is 1. The standard InChI is InChI=1S/C13H20N2O2/c1-12(2,3)17-11(16)15-9-13(5-6-13)8-10(15)4-7-14/h10H,4-6,8-9H2,1-3H3/t10-/m0/s1. The van der Waals surface area contributed by atoms with E-state index in [-0.39, 0.29) is 12.1 Å². The number of ether oxygens (including phenoxy) is 1. The number of carbonyl (C=O) groups is 1. The normalized spacial score (nSPS) is 25.8. The fraction of sp³-hybridized carbons (Fsp3) is 0.846. The van der Waals surface area contributed by atoms with Gasteiger partial charge in [0, 0.05) is 12.6 Å². The van der Waals surface area contributed by atoms with Crippen molar-refractivity contribution in [3.63, 3.8) is 0 Å². The summed E-state index contributed by atoms with van der Waals surface area (Å²) >= 11 is 0. The van der Waals surface area contributed by atoms with Gasteiger partial charge in [-0.15, -0.1) is 0 Å². The number of hydrogen-bond acceptors (Lipinski definition) is 3. The Morgan fingerprint density at radius 3 is 2.65 bits per heavy atom. The summed E-state index contributed by atoms with van der Waals surface area (Å²) in [7, 11) is 0. The molecular formula is C13H20N2O2. The Kier molecular flexibility index (Phi) is 2.81. The van der Waals surface area contributed by atoms with Crippen LogP contribution >= 0.6 is 0 Å². The minimum absolute atomic E-state index is 0.0531. The molecule has 0 aromatic rings. The molecule has 1 spiro atoms. The van der Waals surface area contributed by atoms with E-state index >= 15 is 0 Å². The molecule has 1 aliphatic heterocycles. The molecule has 1 atom stereocenters. The topological polar surface area (TPSA) is 53.3 Å². The molecule has 17 heavy (non-hydrogen) atoms. The molecule has 2 rings (SSSR count). The maximum atomic E-state index is 12.1. The van der Waals surface area contributed by atoms with E-state index < -0.39 is 5.60 Å². The number of hydrogen-bond donors (Lipinski definition) is 0. The van der Waals surface area contributed by atoms with Gasteiger partial charge in [0.2, 0.25) is 0 Å². The summed E-state index contributed by atoms with van der Waals surface area (Å²) in [6, 6.07) is 2.23. The molecule has 2 aliphatic rings. The first-order valence-electron chi connectivity index (χ1n) is 6.22. The Balaban J connectivity index is 2.03. The molecule has 4 nitrogen and oxygen atoms in total. The van der Waals surface area contributed by atoms with Crippen molar-refractivity contribution >= 4 is 6.09 Å². The molecule has 1 saturated carbocycles. The molecule has 0 aromatic heterocycles. The molecule has 0 N–H and O–H groups in total. The molecule has 0 bridgehead atoms. The number of carbonyl (C=O) groups excluding carboxylic acids is 1. The van der Waals surface area contributed by atoms with Crippen LogP contribution in [-0.2, 0) is 4.74 Å². The summed E-state index contributed by atoms with van der Waals surface area (Å²) in [4.78, 5) is 13.8. The second-order valence-corrected chi connectivity index (χ2v) is 6.33. The van der Waals surface area contributed by atoms with Crippen LogP contribution in [0.3, 0.4) is 0 Å². The second-order valence-electron chi connectivity index (χ2n) is 6.33. The summed E-state index contributed by atoms with van der Waals surface area (Å²) in [5.41, 5.74) is -0.147. The van der Waals surface area contributed by atoms with Crippen molar-refractivity contribution in [2.24, 2.45) is 5.41 Å². The zero-order valence-corrected chi connectivity index (χ0v) is 10.8. The van der Waals surface area contributed by atoms with Crippen molar-refractivity contribution in [1.82, 2.24) is 4.90 Å². The summed E-state index contributed by atoms with van der Waals surface area (Å²) in [6.07, 6.45) is 3.50. The van der Waals surface area contributed by atoms with Gasteiger partial charge in [-0.05, 0) is 45.4 Å². The van der Waals surface area contributed by atoms with Gasteiger partial charge in [-0.1, -0.05) is 0 Å². The highest BCUT2D eigenvalue weighted by molar-refractivity contribution is 5.69. The van der Waals surface area contributed by atoms with E-state index in [4.69, 9.17) is 10.00 Å². The highest BCUT2D eigenvalue weighted by Gasteiger charge is 2.53. The van der Waals surface area contributed by atoms with Crippen molar-refractivity contribution in [2.45, 2.75) is 58.1 Å². The largest absolute Gasteiger partial charge is 0.444 e. The Morgan fingerprint density at radius 2 is 2.18 bits per heavy atom. The fourth-order valence-electron chi connectivity index (χ4n) is 2.53. The smallest absolute Gasteiger partial charge is 0.410 e. The van der Waals surface area contributed by atoms with Crippen molar-refractivity contribution in [3.8, 4) is 6.07 Å². The maximum absolute atomic E-state index is 12.1. The molecule has 94 valence electrons. The molecule has 1 heterocycles. The van der Waals surface area contributed by atoms with Crippen LogP contribution in [0.4, 0.5) is 4.79 Å². The minimum Gasteiger partial charge on any atom is -0.444 e. The monoisotopic (exact) mass is 236 g/mol. The third kappa shape index (κ3) is 2.71. The summed E-state index contributed by atoms with van der Waals surface area (Å²) in [6.45, 7) is 6.38. The quantitative estimate of drug-likeness (QED) is 0.703. The molecule has 0 radical (unpaired) electrons. The fourth-order valence-corrected chi connectivity index (χ4v) is 2.53. The molecule has 0 aromatic carbocycles. The number of rotatable bonds is 1. The first kappa shape index (κ1) is 12.2. The minimum atomic E-state index is -0.465. The lowest BCUT2D eigenvalue weighted by Gasteiger charge is -2.27. The van der Waals surface area contributed by atoms with Gasteiger partial charge in [0.1, 0.15) is 5.60 Å². The Hall–Kier alpha value is -1.24. The zero-order chi connectivity index (χ0) is 12.7. The lowest BCUT2D eigenvalue weighted by Crippen LogP contribution is -2.39. The van der Waals surface area contributed by atoms with Crippen molar-refractivity contribution < 1.29 is 9.53 Å². The number of nitrogens with zero attached hydrogens (tertiary/aromatic N) is 2. The van der Waals surface area contributed by atoms with E-state index in [9.17, 15) is 4.79 Å². The molecule has 0 unspecified atom stereocenters. The van der Waals surface area contributed by atoms with E-state index in [1.54, 1.807) is 4.90 Å². The van der Waals surface area contributed by atoms with Gasteiger partial charge in [0.05, 0.1) is 12.5 Å². The molecule has 2 fully saturated rings. The predicted octanol–water partition coefficient (Wildman–Crippen LogP) is 2.69. The Morgan fingerprint density at radius 1 is 1.53 bits per heavy atom. The van der Waals surface area contributed by atoms with Gasteiger partial charge in [-0.25, -0.2) is 4.79 Å². The molecular weight excluding hydrogens is 216 g/mol. The average Bonchev–Trinajstić information content (AvgIpc) is 2.80. The van der Waals surface area contributed by atoms with Crippen LogP contribution in [0.1, 0.15) is 46.5 Å². The first-order valence-corrected chi connectivity index (χ1v) is 6.22. The third-order valence-corrected chi connectivity index (χ3v) is 3.53. The third-order valence-electron chi connectivity index (χ3n) is 3.53. The van der Waals surface area contributed by atoms with Gasteiger partial charge in [0.25, 0.3) is 0 Å². The van der Waals surface area contributed by atoms with E-state index in [0.717, 1.165) is 13.0 Å². The van der Waals surface area contributed by atoms with Gasteiger partial charge < -0.3 is 9.64 Å². The SMILES string of the molecule is CC(C)(C)OC(=O)N1CC2(CC2)C[C@@H]1CC#N. The van der Waals surface area contributed by atoms with Crippen LogP contribution < -0.4 is 0 Å². The number of amides is 1. The van der Waals surface area contributed by atoms with Gasteiger partial charge in [-0.2, -0.15) is 5.26 Å². The van der Waals surface area contributed by atoms with Crippen molar-refractivity contribution in [2.75, 3.05) is 6.54 Å². The lowest BCUT2D eigenvalue weighted by atomic mass is 10.0. The molecule has 1 amide bonds. The Bertz CT molecular complexity index is 361. The molecule has 1 saturated heterocycles. The Labute approximate surface area is 103 Å². The average molecular weight is 236 g/mol. The molecule has 4 heteroatoms. The van der Waals surface area contributed by atoms with Crippen LogP contribution in [-0.4, -0.2) is 29.2 Å². The zero-order valence-electron chi connectivity index (χ0n) is 10.8. The number of nitriles is 1. The van der Waals surface area contributed by atoms with E-state index in [1.807, 2.05) is 20.8 Å². The van der Waals surface area contributed by atoms with Crippen LogP contribution in [0.25, 0.3) is 0 Å². The molecule has 1 aliphatic carbocycles. The van der Waals surface area contributed by atoms with E-state index in [1.165, 1.54) is 12.8 Å². The highest BCUT2D eigenvalue weighted by atomic mass is 16.6.